The number of anilines is 1. The molecule has 1 aromatic carbocycles. The molecule has 5 nitrogen and oxygen atoms in total. The van der Waals surface area contributed by atoms with E-state index in [0.29, 0.717) is 18.8 Å². The third kappa shape index (κ3) is 4.98. The summed E-state index contributed by atoms with van der Waals surface area (Å²) in [6, 6.07) is 9.75. The second-order valence-electron chi connectivity index (χ2n) is 7.34. The minimum Gasteiger partial charge on any atom is -0.353 e. The van der Waals surface area contributed by atoms with Gasteiger partial charge in [-0.3, -0.25) is 4.79 Å². The standard InChI is InChI=1S/C21H27ClN4O/c1-15(2)21-23-16(3)14-19(24-21)25-10-12-26(13-11-25)20(27)9-8-17-6-4-5-7-18(17)22/h4-7,14-15H,8-13H2,1-3H3. The lowest BCUT2D eigenvalue weighted by Crippen LogP contribution is -2.49. The van der Waals surface area contributed by atoms with Crippen molar-refractivity contribution in [2.24, 2.45) is 0 Å². The van der Waals surface area contributed by atoms with Crippen molar-refractivity contribution in [2.75, 3.05) is 31.1 Å². The Morgan fingerprint density at radius 2 is 1.85 bits per heavy atom. The van der Waals surface area contributed by atoms with Crippen LogP contribution in [0.25, 0.3) is 0 Å². The molecule has 27 heavy (non-hydrogen) atoms. The number of hydrogen-bond donors (Lipinski definition) is 0. The van der Waals surface area contributed by atoms with Crippen molar-refractivity contribution in [3.05, 3.63) is 52.4 Å². The lowest BCUT2D eigenvalue weighted by molar-refractivity contribution is -0.131. The van der Waals surface area contributed by atoms with E-state index in [9.17, 15) is 4.79 Å². The highest BCUT2D eigenvalue weighted by Crippen LogP contribution is 2.20. The lowest BCUT2D eigenvalue weighted by atomic mass is 10.1. The van der Waals surface area contributed by atoms with E-state index in [-0.39, 0.29) is 5.91 Å². The number of amides is 1. The predicted molar refractivity (Wildman–Crippen MR) is 109 cm³/mol. The van der Waals surface area contributed by atoms with Gasteiger partial charge in [-0.25, -0.2) is 9.97 Å². The number of carbonyl (C=O) groups is 1. The Hall–Kier alpha value is -2.14. The van der Waals surface area contributed by atoms with Gasteiger partial charge in [0, 0.05) is 55.3 Å². The first-order valence-electron chi connectivity index (χ1n) is 9.55. The Labute approximate surface area is 166 Å². The molecule has 1 aromatic heterocycles. The third-order valence-corrected chi connectivity index (χ3v) is 5.27. The summed E-state index contributed by atoms with van der Waals surface area (Å²) in [6.45, 7) is 9.26. The number of halogens is 1. The number of rotatable bonds is 5. The fourth-order valence-corrected chi connectivity index (χ4v) is 3.51. The molecule has 3 rings (SSSR count). The molecule has 0 unspecified atom stereocenters. The van der Waals surface area contributed by atoms with Crippen LogP contribution in [0.2, 0.25) is 5.02 Å². The number of aryl methyl sites for hydroxylation is 2. The van der Waals surface area contributed by atoms with Crippen LogP contribution in [0.15, 0.2) is 30.3 Å². The second-order valence-corrected chi connectivity index (χ2v) is 7.75. The molecule has 1 aliphatic rings. The van der Waals surface area contributed by atoms with E-state index < -0.39 is 0 Å². The van der Waals surface area contributed by atoms with Crippen molar-refractivity contribution in [3.8, 4) is 0 Å². The number of nitrogens with zero attached hydrogens (tertiary/aromatic N) is 4. The van der Waals surface area contributed by atoms with Crippen molar-refractivity contribution in [1.82, 2.24) is 14.9 Å². The molecule has 0 radical (unpaired) electrons. The van der Waals surface area contributed by atoms with Gasteiger partial charge < -0.3 is 9.80 Å². The van der Waals surface area contributed by atoms with Gasteiger partial charge in [0.05, 0.1) is 0 Å². The Bertz CT molecular complexity index is 801. The van der Waals surface area contributed by atoms with Crippen LogP contribution in [0.3, 0.4) is 0 Å². The molecule has 144 valence electrons. The third-order valence-electron chi connectivity index (χ3n) is 4.90. The summed E-state index contributed by atoms with van der Waals surface area (Å²) in [4.78, 5) is 26.0. The van der Waals surface area contributed by atoms with Crippen molar-refractivity contribution < 1.29 is 4.79 Å². The second kappa shape index (κ2) is 8.70. The molecule has 0 saturated carbocycles. The van der Waals surface area contributed by atoms with Gasteiger partial charge in [-0.05, 0) is 25.0 Å². The predicted octanol–water partition coefficient (Wildman–Crippen LogP) is 3.84. The molecule has 1 fully saturated rings. The number of hydrogen-bond acceptors (Lipinski definition) is 4. The van der Waals surface area contributed by atoms with Crippen LogP contribution in [0.5, 0.6) is 0 Å². The molecule has 0 spiro atoms. The average Bonchev–Trinajstić information content (AvgIpc) is 2.66. The van der Waals surface area contributed by atoms with E-state index in [1.807, 2.05) is 42.2 Å². The number of benzene rings is 1. The number of piperazine rings is 1. The quantitative estimate of drug-likeness (QED) is 0.783. The van der Waals surface area contributed by atoms with Crippen LogP contribution in [-0.4, -0.2) is 47.0 Å². The largest absolute Gasteiger partial charge is 0.353 e. The normalized spacial score (nSPS) is 14.7. The number of carbonyl (C=O) groups excluding carboxylic acids is 1. The Morgan fingerprint density at radius 3 is 2.52 bits per heavy atom. The first-order chi connectivity index (χ1) is 12.9. The summed E-state index contributed by atoms with van der Waals surface area (Å²) >= 11 is 6.18. The van der Waals surface area contributed by atoms with Gasteiger partial charge in [0.25, 0.3) is 0 Å². The van der Waals surface area contributed by atoms with Gasteiger partial charge in [-0.1, -0.05) is 43.6 Å². The summed E-state index contributed by atoms with van der Waals surface area (Å²) in [7, 11) is 0. The molecular formula is C21H27ClN4O. The van der Waals surface area contributed by atoms with Crippen LogP contribution in [0.4, 0.5) is 5.82 Å². The molecule has 2 heterocycles. The molecular weight excluding hydrogens is 360 g/mol. The topological polar surface area (TPSA) is 49.3 Å². The minimum atomic E-state index is 0.191. The first kappa shape index (κ1) is 19.6. The SMILES string of the molecule is Cc1cc(N2CCN(C(=O)CCc3ccccc3Cl)CC2)nc(C(C)C)n1. The van der Waals surface area contributed by atoms with E-state index in [0.717, 1.165) is 54.1 Å². The van der Waals surface area contributed by atoms with Gasteiger partial charge in [0.2, 0.25) is 5.91 Å². The zero-order valence-electron chi connectivity index (χ0n) is 16.3. The summed E-state index contributed by atoms with van der Waals surface area (Å²) in [5.41, 5.74) is 2.02. The summed E-state index contributed by atoms with van der Waals surface area (Å²) < 4.78 is 0. The monoisotopic (exact) mass is 386 g/mol. The number of aromatic nitrogens is 2. The van der Waals surface area contributed by atoms with Gasteiger partial charge in [-0.15, -0.1) is 0 Å². The van der Waals surface area contributed by atoms with E-state index in [1.54, 1.807) is 0 Å². The van der Waals surface area contributed by atoms with Gasteiger partial charge >= 0.3 is 0 Å². The molecule has 2 aromatic rings. The fraction of sp³-hybridized carbons (Fsp3) is 0.476. The van der Waals surface area contributed by atoms with Gasteiger partial charge in [0.15, 0.2) is 0 Å². The minimum absolute atomic E-state index is 0.191. The highest BCUT2D eigenvalue weighted by Gasteiger charge is 2.22. The maximum atomic E-state index is 12.6. The van der Waals surface area contributed by atoms with E-state index in [4.69, 9.17) is 16.6 Å². The smallest absolute Gasteiger partial charge is 0.223 e. The molecule has 1 aliphatic heterocycles. The van der Waals surface area contributed by atoms with Crippen LogP contribution < -0.4 is 4.90 Å². The van der Waals surface area contributed by atoms with Crippen LogP contribution >= 0.6 is 11.6 Å². The van der Waals surface area contributed by atoms with Crippen LogP contribution in [-0.2, 0) is 11.2 Å². The van der Waals surface area contributed by atoms with Crippen molar-refractivity contribution >= 4 is 23.3 Å². The highest BCUT2D eigenvalue weighted by molar-refractivity contribution is 6.31. The van der Waals surface area contributed by atoms with Crippen molar-refractivity contribution in [3.63, 3.8) is 0 Å². The van der Waals surface area contributed by atoms with Crippen LogP contribution in [0, 0.1) is 6.92 Å². The molecule has 0 bridgehead atoms. The summed E-state index contributed by atoms with van der Waals surface area (Å²) in [5, 5.41) is 0.732. The molecule has 0 atom stereocenters. The summed E-state index contributed by atoms with van der Waals surface area (Å²) in [6.07, 6.45) is 1.18. The fourth-order valence-electron chi connectivity index (χ4n) is 3.28. The molecule has 6 heteroatoms. The van der Waals surface area contributed by atoms with E-state index in [2.05, 4.69) is 23.7 Å². The summed E-state index contributed by atoms with van der Waals surface area (Å²) in [5.74, 6) is 2.34. The first-order valence-corrected chi connectivity index (χ1v) is 9.93. The average molecular weight is 387 g/mol. The molecule has 1 amide bonds. The highest BCUT2D eigenvalue weighted by atomic mass is 35.5. The van der Waals surface area contributed by atoms with Crippen molar-refractivity contribution in [2.45, 2.75) is 39.5 Å². The van der Waals surface area contributed by atoms with E-state index >= 15 is 0 Å². The molecule has 0 N–H and O–H groups in total. The maximum Gasteiger partial charge on any atom is 0.223 e. The molecule has 0 aliphatic carbocycles. The van der Waals surface area contributed by atoms with Crippen LogP contribution in [0.1, 0.15) is 43.3 Å². The zero-order chi connectivity index (χ0) is 19.4. The Morgan fingerprint density at radius 1 is 1.15 bits per heavy atom. The zero-order valence-corrected chi connectivity index (χ0v) is 17.0. The molecule has 1 saturated heterocycles. The maximum absolute atomic E-state index is 12.6. The lowest BCUT2D eigenvalue weighted by Gasteiger charge is -2.35. The van der Waals surface area contributed by atoms with Gasteiger partial charge in [0.1, 0.15) is 11.6 Å². The Balaban J connectivity index is 1.55. The van der Waals surface area contributed by atoms with E-state index in [1.165, 1.54) is 0 Å². The van der Waals surface area contributed by atoms with Gasteiger partial charge in [-0.2, -0.15) is 0 Å². The Kier molecular flexibility index (Phi) is 6.32. The van der Waals surface area contributed by atoms with Crippen molar-refractivity contribution in [1.29, 1.82) is 0 Å².